The van der Waals surface area contributed by atoms with Crippen molar-refractivity contribution in [3.8, 4) is 0 Å². The van der Waals surface area contributed by atoms with Gasteiger partial charge < -0.3 is 15.0 Å². The molecule has 1 heterocycles. The average Bonchev–Trinajstić information content (AvgIpc) is 2.56. The molecule has 144 valence electrons. The van der Waals surface area contributed by atoms with Crippen LogP contribution < -0.4 is 5.32 Å². The molecule has 0 spiro atoms. The Morgan fingerprint density at radius 1 is 1.31 bits per heavy atom. The summed E-state index contributed by atoms with van der Waals surface area (Å²) in [5.74, 6) is 0.306. The number of hydrogen-bond donors (Lipinski definition) is 1. The number of amides is 2. The van der Waals surface area contributed by atoms with Crippen LogP contribution in [0.5, 0.6) is 0 Å². The van der Waals surface area contributed by atoms with Crippen LogP contribution in [0, 0.1) is 0 Å². The number of nitrogens with one attached hydrogen (secondary N) is 1. The van der Waals surface area contributed by atoms with Gasteiger partial charge in [0.15, 0.2) is 0 Å². The quantitative estimate of drug-likeness (QED) is 0.767. The van der Waals surface area contributed by atoms with E-state index in [0.29, 0.717) is 30.1 Å². The largest absolute Gasteiger partial charge is 0.372 e. The van der Waals surface area contributed by atoms with E-state index >= 15 is 0 Å². The zero-order valence-corrected chi connectivity index (χ0v) is 17.5. The van der Waals surface area contributed by atoms with Crippen LogP contribution in [0.15, 0.2) is 18.2 Å². The van der Waals surface area contributed by atoms with E-state index in [4.69, 9.17) is 27.9 Å². The summed E-state index contributed by atoms with van der Waals surface area (Å²) in [5, 5.41) is 3.56. The van der Waals surface area contributed by atoms with Gasteiger partial charge in [-0.25, -0.2) is 0 Å². The Bertz CT molecular complexity index is 649. The molecular weight excluding hydrogens is 395 g/mol. The molecule has 8 heteroatoms. The van der Waals surface area contributed by atoms with E-state index in [1.165, 1.54) is 6.07 Å². The highest BCUT2D eigenvalue weighted by Gasteiger charge is 2.31. The van der Waals surface area contributed by atoms with Crippen molar-refractivity contribution < 1.29 is 14.3 Å². The summed E-state index contributed by atoms with van der Waals surface area (Å²) in [5.41, 5.74) is 0.307. The maximum Gasteiger partial charge on any atom is 0.253 e. The Morgan fingerprint density at radius 2 is 1.96 bits per heavy atom. The minimum absolute atomic E-state index is 0.0229. The molecule has 1 aliphatic heterocycles. The molecule has 0 aliphatic carbocycles. The van der Waals surface area contributed by atoms with Crippen LogP contribution in [0.25, 0.3) is 0 Å². The number of carbonyl (C=O) groups excluding carboxylic acids is 2. The monoisotopic (exact) mass is 418 g/mol. The molecule has 1 fully saturated rings. The Labute approximate surface area is 168 Å². The van der Waals surface area contributed by atoms with Crippen LogP contribution in [0.3, 0.4) is 0 Å². The molecule has 1 N–H and O–H groups in total. The van der Waals surface area contributed by atoms with Crippen molar-refractivity contribution in [3.05, 3.63) is 33.8 Å². The van der Waals surface area contributed by atoms with Gasteiger partial charge in [0.1, 0.15) is 6.04 Å². The Balaban J connectivity index is 2.13. The van der Waals surface area contributed by atoms with Crippen molar-refractivity contribution in [3.63, 3.8) is 0 Å². The SMILES string of the molecule is CSCC[C@@H](NC(=O)c1ccc(Cl)cc1Cl)C(=O)N1C[C@H](C)O[C@@H](C)C1. The number of morpholine rings is 1. The van der Waals surface area contributed by atoms with E-state index in [-0.39, 0.29) is 29.0 Å². The van der Waals surface area contributed by atoms with Gasteiger partial charge in [-0.1, -0.05) is 23.2 Å². The second-order valence-electron chi connectivity index (χ2n) is 6.43. The van der Waals surface area contributed by atoms with Crippen LogP contribution in [-0.4, -0.2) is 60.1 Å². The van der Waals surface area contributed by atoms with Gasteiger partial charge in [-0.3, -0.25) is 9.59 Å². The standard InChI is InChI=1S/C18H24Cl2N2O3S/c1-11-9-22(10-12(2)25-11)18(24)16(6-7-26-3)21-17(23)14-5-4-13(19)8-15(14)20/h4-5,8,11-12,16H,6-7,9-10H2,1-3H3,(H,21,23)/t11-,12-,16+/m0/s1. The summed E-state index contributed by atoms with van der Waals surface area (Å²) in [6.45, 7) is 4.94. The van der Waals surface area contributed by atoms with E-state index in [1.807, 2.05) is 20.1 Å². The zero-order valence-electron chi connectivity index (χ0n) is 15.1. The predicted molar refractivity (Wildman–Crippen MR) is 107 cm³/mol. The molecule has 26 heavy (non-hydrogen) atoms. The van der Waals surface area contributed by atoms with Gasteiger partial charge in [-0.2, -0.15) is 11.8 Å². The number of benzene rings is 1. The predicted octanol–water partition coefficient (Wildman–Crippen LogP) is 3.48. The molecule has 2 rings (SSSR count). The molecule has 1 aliphatic rings. The lowest BCUT2D eigenvalue weighted by Crippen LogP contribution is -2.55. The molecule has 1 aromatic rings. The fraction of sp³-hybridized carbons (Fsp3) is 0.556. The first-order valence-electron chi connectivity index (χ1n) is 8.51. The lowest BCUT2D eigenvalue weighted by Gasteiger charge is -2.37. The van der Waals surface area contributed by atoms with E-state index in [0.717, 1.165) is 5.75 Å². The first kappa shape index (κ1) is 21.4. The number of ether oxygens (including phenoxy) is 1. The van der Waals surface area contributed by atoms with Gasteiger partial charge in [0.05, 0.1) is 22.8 Å². The maximum absolute atomic E-state index is 13.0. The van der Waals surface area contributed by atoms with Crippen LogP contribution >= 0.6 is 35.0 Å². The van der Waals surface area contributed by atoms with Crippen LogP contribution in [-0.2, 0) is 9.53 Å². The first-order chi connectivity index (χ1) is 12.3. The molecule has 0 saturated carbocycles. The van der Waals surface area contributed by atoms with Crippen molar-refractivity contribution in [2.24, 2.45) is 0 Å². The fourth-order valence-corrected chi connectivity index (χ4v) is 3.95. The van der Waals surface area contributed by atoms with Crippen molar-refractivity contribution in [2.45, 2.75) is 38.5 Å². The zero-order chi connectivity index (χ0) is 19.3. The maximum atomic E-state index is 13.0. The highest BCUT2D eigenvalue weighted by atomic mass is 35.5. The number of halogens is 2. The highest BCUT2D eigenvalue weighted by molar-refractivity contribution is 7.98. The van der Waals surface area contributed by atoms with Crippen molar-refractivity contribution >= 4 is 46.8 Å². The Kier molecular flexibility index (Phi) is 8.07. The first-order valence-corrected chi connectivity index (χ1v) is 10.7. The van der Waals surface area contributed by atoms with E-state index in [1.54, 1.807) is 28.8 Å². The number of carbonyl (C=O) groups is 2. The molecule has 0 radical (unpaired) electrons. The van der Waals surface area contributed by atoms with Gasteiger partial charge in [-0.05, 0) is 50.5 Å². The van der Waals surface area contributed by atoms with Crippen LogP contribution in [0.1, 0.15) is 30.6 Å². The second kappa shape index (κ2) is 9.83. The van der Waals surface area contributed by atoms with Gasteiger partial charge in [0.25, 0.3) is 5.91 Å². The van der Waals surface area contributed by atoms with Crippen molar-refractivity contribution in [1.82, 2.24) is 10.2 Å². The van der Waals surface area contributed by atoms with Crippen LogP contribution in [0.2, 0.25) is 10.0 Å². The molecule has 5 nitrogen and oxygen atoms in total. The summed E-state index contributed by atoms with van der Waals surface area (Å²) < 4.78 is 5.69. The third kappa shape index (κ3) is 5.78. The summed E-state index contributed by atoms with van der Waals surface area (Å²) in [6, 6.07) is 4.09. The summed E-state index contributed by atoms with van der Waals surface area (Å²) in [6.07, 6.45) is 2.48. The summed E-state index contributed by atoms with van der Waals surface area (Å²) >= 11 is 13.6. The normalized spacial score (nSPS) is 21.3. The highest BCUT2D eigenvalue weighted by Crippen LogP contribution is 2.21. The molecule has 0 aromatic heterocycles. The number of rotatable bonds is 6. The molecular formula is C18H24Cl2N2O3S. The van der Waals surface area contributed by atoms with Gasteiger partial charge >= 0.3 is 0 Å². The van der Waals surface area contributed by atoms with E-state index in [2.05, 4.69) is 5.32 Å². The fourth-order valence-electron chi connectivity index (χ4n) is 2.98. The lowest BCUT2D eigenvalue weighted by molar-refractivity contribution is -0.145. The number of nitrogens with zero attached hydrogens (tertiary/aromatic N) is 1. The Morgan fingerprint density at radius 3 is 2.54 bits per heavy atom. The third-order valence-electron chi connectivity index (χ3n) is 4.12. The molecule has 0 bridgehead atoms. The molecule has 0 unspecified atom stereocenters. The van der Waals surface area contributed by atoms with E-state index < -0.39 is 6.04 Å². The molecule has 1 aromatic carbocycles. The lowest BCUT2D eigenvalue weighted by atomic mass is 10.1. The molecule has 1 saturated heterocycles. The minimum Gasteiger partial charge on any atom is -0.372 e. The van der Waals surface area contributed by atoms with Gasteiger partial charge in [0.2, 0.25) is 5.91 Å². The smallest absolute Gasteiger partial charge is 0.253 e. The average molecular weight is 419 g/mol. The second-order valence-corrected chi connectivity index (χ2v) is 8.26. The topological polar surface area (TPSA) is 58.6 Å². The van der Waals surface area contributed by atoms with E-state index in [9.17, 15) is 9.59 Å². The van der Waals surface area contributed by atoms with Crippen molar-refractivity contribution in [2.75, 3.05) is 25.1 Å². The van der Waals surface area contributed by atoms with Gasteiger partial charge in [0, 0.05) is 18.1 Å². The number of hydrogen-bond acceptors (Lipinski definition) is 4. The number of thioether (sulfide) groups is 1. The third-order valence-corrected chi connectivity index (χ3v) is 5.31. The summed E-state index contributed by atoms with van der Waals surface area (Å²) in [4.78, 5) is 27.4. The Hall–Kier alpha value is -0.950. The molecule has 2 amide bonds. The van der Waals surface area contributed by atoms with Gasteiger partial charge in [-0.15, -0.1) is 0 Å². The van der Waals surface area contributed by atoms with Crippen molar-refractivity contribution in [1.29, 1.82) is 0 Å². The van der Waals surface area contributed by atoms with Crippen LogP contribution in [0.4, 0.5) is 0 Å². The minimum atomic E-state index is -0.598. The summed E-state index contributed by atoms with van der Waals surface area (Å²) in [7, 11) is 0. The molecule has 3 atom stereocenters.